The highest BCUT2D eigenvalue weighted by Crippen LogP contribution is 2.28. The van der Waals surface area contributed by atoms with Gasteiger partial charge in [0.2, 0.25) is 5.91 Å². The summed E-state index contributed by atoms with van der Waals surface area (Å²) in [5, 5.41) is 11.6. The van der Waals surface area contributed by atoms with E-state index in [9.17, 15) is 9.59 Å². The highest BCUT2D eigenvalue weighted by molar-refractivity contribution is 8.00. The summed E-state index contributed by atoms with van der Waals surface area (Å²) in [4.78, 5) is 24.4. The van der Waals surface area contributed by atoms with Crippen molar-refractivity contribution in [2.45, 2.75) is 35.4 Å². The third-order valence-electron chi connectivity index (χ3n) is 3.72. The predicted molar refractivity (Wildman–Crippen MR) is 86.9 cm³/mol. The van der Waals surface area contributed by atoms with Crippen LogP contribution in [-0.4, -0.2) is 48.1 Å². The first-order chi connectivity index (χ1) is 10.9. The molecular weight excluding hydrogens is 318 g/mol. The number of benzene rings is 1. The lowest BCUT2D eigenvalue weighted by Gasteiger charge is -2.28. The molecule has 1 aromatic carbocycles. The third-order valence-corrected chi connectivity index (χ3v) is 4.83. The van der Waals surface area contributed by atoms with Crippen molar-refractivity contribution in [2.75, 3.05) is 20.3 Å². The third kappa shape index (κ3) is 4.87. The van der Waals surface area contributed by atoms with Crippen LogP contribution in [0.3, 0.4) is 0 Å². The van der Waals surface area contributed by atoms with E-state index in [1.807, 2.05) is 24.3 Å². The Morgan fingerprint density at radius 2 is 2.13 bits per heavy atom. The second-order valence-electron chi connectivity index (χ2n) is 5.58. The number of nitrogens with one attached hydrogen (secondary N) is 1. The first kappa shape index (κ1) is 17.6. The van der Waals surface area contributed by atoms with Crippen molar-refractivity contribution in [2.24, 2.45) is 0 Å². The Hall–Kier alpha value is -1.73. The summed E-state index contributed by atoms with van der Waals surface area (Å²) in [5.74, 6) is -0.362. The number of thioether (sulfide) groups is 1. The number of carbonyl (C=O) groups is 2. The van der Waals surface area contributed by atoms with Crippen LogP contribution in [-0.2, 0) is 14.3 Å². The van der Waals surface area contributed by atoms with Crippen LogP contribution in [0, 0.1) is 0 Å². The molecule has 126 valence electrons. The van der Waals surface area contributed by atoms with Crippen molar-refractivity contribution in [3.63, 3.8) is 0 Å². The number of hydrogen-bond donors (Lipinski definition) is 2. The van der Waals surface area contributed by atoms with E-state index in [4.69, 9.17) is 14.6 Å². The number of carbonyl (C=O) groups excluding carboxylic acids is 1. The summed E-state index contributed by atoms with van der Waals surface area (Å²) in [7, 11) is 1.60. The van der Waals surface area contributed by atoms with Crippen molar-refractivity contribution in [3.05, 3.63) is 24.3 Å². The minimum Gasteiger partial charge on any atom is -0.497 e. The summed E-state index contributed by atoms with van der Waals surface area (Å²) in [6.45, 7) is 2.51. The van der Waals surface area contributed by atoms with Gasteiger partial charge < -0.3 is 19.9 Å². The fourth-order valence-electron chi connectivity index (χ4n) is 2.45. The summed E-state index contributed by atoms with van der Waals surface area (Å²) >= 11 is 1.42. The molecule has 1 heterocycles. The number of aliphatic carboxylic acids is 1. The van der Waals surface area contributed by atoms with Crippen LogP contribution in [0.25, 0.3) is 0 Å². The highest BCUT2D eigenvalue weighted by atomic mass is 32.2. The summed E-state index contributed by atoms with van der Waals surface area (Å²) < 4.78 is 10.4. The molecule has 1 saturated heterocycles. The number of ether oxygens (including phenoxy) is 2. The molecule has 1 aliphatic rings. The molecule has 23 heavy (non-hydrogen) atoms. The van der Waals surface area contributed by atoms with Gasteiger partial charge in [-0.1, -0.05) is 0 Å². The molecule has 0 radical (unpaired) electrons. The van der Waals surface area contributed by atoms with Crippen molar-refractivity contribution < 1.29 is 24.2 Å². The molecule has 1 aromatic rings. The van der Waals surface area contributed by atoms with Gasteiger partial charge in [0.15, 0.2) is 0 Å². The maximum absolute atomic E-state index is 12.4. The molecule has 1 aliphatic heterocycles. The van der Waals surface area contributed by atoms with Gasteiger partial charge in [-0.2, -0.15) is 0 Å². The van der Waals surface area contributed by atoms with Crippen LogP contribution >= 0.6 is 11.8 Å². The SMILES string of the molecule is COc1ccc(SC(C)C(=O)NC2(CC(=O)O)CCOC2)cc1. The summed E-state index contributed by atoms with van der Waals surface area (Å²) in [6.07, 6.45) is 0.392. The molecule has 6 nitrogen and oxygen atoms in total. The Morgan fingerprint density at radius 3 is 2.65 bits per heavy atom. The standard InChI is InChI=1S/C16H21NO5S/c1-11(23-13-5-3-12(21-2)4-6-13)15(20)17-16(9-14(18)19)7-8-22-10-16/h3-6,11H,7-10H2,1-2H3,(H,17,20)(H,18,19). The van der Waals surface area contributed by atoms with Crippen molar-refractivity contribution in [3.8, 4) is 5.75 Å². The molecule has 2 atom stereocenters. The summed E-state index contributed by atoms with van der Waals surface area (Å²) in [6, 6.07) is 7.45. The second-order valence-corrected chi connectivity index (χ2v) is 6.99. The fourth-order valence-corrected chi connectivity index (χ4v) is 3.32. The Morgan fingerprint density at radius 1 is 1.43 bits per heavy atom. The molecule has 0 aromatic heterocycles. The van der Waals surface area contributed by atoms with Crippen LogP contribution < -0.4 is 10.1 Å². The van der Waals surface area contributed by atoms with Crippen LogP contribution in [0.2, 0.25) is 0 Å². The summed E-state index contributed by atoms with van der Waals surface area (Å²) in [5.41, 5.74) is -0.794. The van der Waals surface area contributed by atoms with Crippen molar-refractivity contribution >= 4 is 23.6 Å². The van der Waals surface area contributed by atoms with Crippen LogP contribution in [0.4, 0.5) is 0 Å². The quantitative estimate of drug-likeness (QED) is 0.739. The lowest BCUT2D eigenvalue weighted by molar-refractivity contribution is -0.139. The molecule has 0 bridgehead atoms. The number of carboxylic acids is 1. The van der Waals surface area contributed by atoms with Crippen LogP contribution in [0.1, 0.15) is 19.8 Å². The van der Waals surface area contributed by atoms with Gasteiger partial charge in [0.05, 0.1) is 30.9 Å². The van der Waals surface area contributed by atoms with E-state index in [-0.39, 0.29) is 24.2 Å². The maximum atomic E-state index is 12.4. The smallest absolute Gasteiger partial charge is 0.305 e. The molecule has 0 aliphatic carbocycles. The van der Waals surface area contributed by atoms with E-state index in [0.717, 1.165) is 10.6 Å². The van der Waals surface area contributed by atoms with E-state index in [0.29, 0.717) is 13.0 Å². The van der Waals surface area contributed by atoms with Gasteiger partial charge in [0, 0.05) is 11.5 Å². The molecule has 1 fully saturated rings. The molecule has 1 amide bonds. The first-order valence-electron chi connectivity index (χ1n) is 7.36. The van der Waals surface area contributed by atoms with Crippen LogP contribution in [0.15, 0.2) is 29.2 Å². The number of hydrogen-bond acceptors (Lipinski definition) is 5. The first-order valence-corrected chi connectivity index (χ1v) is 8.24. The monoisotopic (exact) mass is 339 g/mol. The van der Waals surface area contributed by atoms with E-state index in [1.165, 1.54) is 11.8 Å². The lowest BCUT2D eigenvalue weighted by Crippen LogP contribution is -2.52. The molecule has 2 rings (SSSR count). The number of rotatable bonds is 7. The Bertz CT molecular complexity index is 554. The maximum Gasteiger partial charge on any atom is 0.305 e. The van der Waals surface area contributed by atoms with Gasteiger partial charge >= 0.3 is 5.97 Å². The number of methoxy groups -OCH3 is 1. The Kier molecular flexibility index (Phi) is 5.90. The number of carboxylic acid groups (broad SMARTS) is 1. The second kappa shape index (κ2) is 7.70. The molecule has 2 unspecified atom stereocenters. The van der Waals surface area contributed by atoms with Crippen LogP contribution in [0.5, 0.6) is 5.75 Å². The van der Waals surface area contributed by atoms with Gasteiger partial charge in [0.25, 0.3) is 0 Å². The Balaban J connectivity index is 1.96. The lowest BCUT2D eigenvalue weighted by atomic mass is 9.94. The van der Waals surface area contributed by atoms with Gasteiger partial charge in [-0.15, -0.1) is 11.8 Å². The van der Waals surface area contributed by atoms with E-state index in [1.54, 1.807) is 14.0 Å². The zero-order chi connectivity index (χ0) is 16.9. The molecule has 0 saturated carbocycles. The zero-order valence-corrected chi connectivity index (χ0v) is 14.0. The van der Waals surface area contributed by atoms with Crippen molar-refractivity contribution in [1.29, 1.82) is 0 Å². The van der Waals surface area contributed by atoms with Gasteiger partial charge in [-0.3, -0.25) is 9.59 Å². The minimum atomic E-state index is -0.939. The minimum absolute atomic E-state index is 0.126. The molecule has 7 heteroatoms. The van der Waals surface area contributed by atoms with E-state index < -0.39 is 11.5 Å². The average Bonchev–Trinajstić information content (AvgIpc) is 2.95. The molecular formula is C16H21NO5S. The topological polar surface area (TPSA) is 84.9 Å². The highest BCUT2D eigenvalue weighted by Gasteiger charge is 2.39. The average molecular weight is 339 g/mol. The predicted octanol–water partition coefficient (Wildman–Crippen LogP) is 1.93. The molecule has 2 N–H and O–H groups in total. The Labute approximate surface area is 139 Å². The number of amides is 1. The van der Waals surface area contributed by atoms with Gasteiger partial charge in [0.1, 0.15) is 5.75 Å². The largest absolute Gasteiger partial charge is 0.497 e. The van der Waals surface area contributed by atoms with E-state index >= 15 is 0 Å². The van der Waals surface area contributed by atoms with Gasteiger partial charge in [-0.25, -0.2) is 0 Å². The zero-order valence-electron chi connectivity index (χ0n) is 13.2. The molecule has 0 spiro atoms. The van der Waals surface area contributed by atoms with E-state index in [2.05, 4.69) is 5.32 Å². The van der Waals surface area contributed by atoms with Crippen molar-refractivity contribution in [1.82, 2.24) is 5.32 Å². The fraction of sp³-hybridized carbons (Fsp3) is 0.500. The normalized spacial score (nSPS) is 21.7. The van der Waals surface area contributed by atoms with Gasteiger partial charge in [-0.05, 0) is 37.6 Å².